The maximum atomic E-state index is 13.0. The van der Waals surface area contributed by atoms with Gasteiger partial charge in [-0.25, -0.2) is 0 Å². The number of rotatable bonds is 3. The lowest BCUT2D eigenvalue weighted by molar-refractivity contribution is 0.0689. The zero-order chi connectivity index (χ0) is 14.7. The Morgan fingerprint density at radius 1 is 1.10 bits per heavy atom. The van der Waals surface area contributed by atoms with Crippen molar-refractivity contribution in [3.63, 3.8) is 0 Å². The van der Waals surface area contributed by atoms with Crippen LogP contribution in [0.1, 0.15) is 37.5 Å². The number of furan rings is 1. The van der Waals surface area contributed by atoms with E-state index in [1.165, 1.54) is 4.31 Å². The summed E-state index contributed by atoms with van der Waals surface area (Å²) in [6.07, 6.45) is 5.42. The molecule has 6 nitrogen and oxygen atoms in total. The van der Waals surface area contributed by atoms with Gasteiger partial charge in [0.15, 0.2) is 0 Å². The van der Waals surface area contributed by atoms with Crippen LogP contribution >= 0.6 is 0 Å². The summed E-state index contributed by atoms with van der Waals surface area (Å²) in [4.78, 5) is 0. The second-order valence-corrected chi connectivity index (χ2v) is 7.39. The van der Waals surface area contributed by atoms with Gasteiger partial charge in [0.25, 0.3) is 10.2 Å². The highest BCUT2D eigenvalue weighted by atomic mass is 32.2. The van der Waals surface area contributed by atoms with Crippen molar-refractivity contribution < 1.29 is 17.6 Å². The van der Waals surface area contributed by atoms with Crippen molar-refractivity contribution in [2.24, 2.45) is 0 Å². The molecule has 1 aromatic rings. The van der Waals surface area contributed by atoms with Crippen molar-refractivity contribution >= 4 is 10.2 Å². The first-order valence-electron chi connectivity index (χ1n) is 7.57. The molecule has 2 aliphatic heterocycles. The minimum atomic E-state index is -3.46. The molecule has 7 heteroatoms. The maximum Gasteiger partial charge on any atom is 0.282 e. The molecule has 3 rings (SSSR count). The molecule has 0 radical (unpaired) electrons. The fraction of sp³-hybridized carbons (Fsp3) is 0.714. The lowest BCUT2D eigenvalue weighted by atomic mass is 10.1. The number of morpholine rings is 1. The summed E-state index contributed by atoms with van der Waals surface area (Å²) in [6.45, 7) is 2.37. The van der Waals surface area contributed by atoms with Gasteiger partial charge in [0.2, 0.25) is 0 Å². The lowest BCUT2D eigenvalue weighted by Gasteiger charge is -2.34. The Labute approximate surface area is 125 Å². The van der Waals surface area contributed by atoms with Crippen LogP contribution in [0.4, 0.5) is 0 Å². The minimum absolute atomic E-state index is 0.185. The van der Waals surface area contributed by atoms with Crippen LogP contribution in [0.15, 0.2) is 22.8 Å². The molecule has 0 saturated carbocycles. The van der Waals surface area contributed by atoms with Crippen LogP contribution in [0, 0.1) is 0 Å². The number of nitrogens with zero attached hydrogens (tertiary/aromatic N) is 2. The minimum Gasteiger partial charge on any atom is -0.468 e. The second-order valence-electron chi connectivity index (χ2n) is 5.51. The molecule has 0 N–H and O–H groups in total. The molecule has 1 atom stereocenters. The second kappa shape index (κ2) is 6.48. The molecular formula is C14H22N2O4S. The molecule has 21 heavy (non-hydrogen) atoms. The van der Waals surface area contributed by atoms with E-state index in [1.54, 1.807) is 10.6 Å². The Morgan fingerprint density at radius 2 is 1.90 bits per heavy atom. The van der Waals surface area contributed by atoms with E-state index >= 15 is 0 Å². The Morgan fingerprint density at radius 3 is 2.62 bits per heavy atom. The summed E-state index contributed by atoms with van der Waals surface area (Å²) in [6, 6.07) is 3.51. The van der Waals surface area contributed by atoms with E-state index in [4.69, 9.17) is 9.15 Å². The highest BCUT2D eigenvalue weighted by Crippen LogP contribution is 2.33. The molecule has 0 amide bonds. The van der Waals surface area contributed by atoms with Gasteiger partial charge in [0.05, 0.1) is 25.5 Å². The fourth-order valence-corrected chi connectivity index (χ4v) is 4.85. The summed E-state index contributed by atoms with van der Waals surface area (Å²) < 4.78 is 39.8. The van der Waals surface area contributed by atoms with E-state index in [0.717, 1.165) is 31.4 Å². The highest BCUT2D eigenvalue weighted by molar-refractivity contribution is 7.86. The van der Waals surface area contributed by atoms with E-state index in [1.807, 2.05) is 12.1 Å². The van der Waals surface area contributed by atoms with E-state index in [2.05, 4.69) is 0 Å². The topological polar surface area (TPSA) is 63.0 Å². The van der Waals surface area contributed by atoms with Gasteiger partial charge in [0, 0.05) is 19.6 Å². The molecule has 3 heterocycles. The van der Waals surface area contributed by atoms with Crippen LogP contribution in [0.3, 0.4) is 0 Å². The van der Waals surface area contributed by atoms with Gasteiger partial charge in [-0.3, -0.25) is 0 Å². The highest BCUT2D eigenvalue weighted by Gasteiger charge is 2.38. The Hall–Kier alpha value is -0.890. The van der Waals surface area contributed by atoms with Gasteiger partial charge in [-0.05, 0) is 25.0 Å². The predicted octanol–water partition coefficient (Wildman–Crippen LogP) is 1.77. The molecule has 118 valence electrons. The van der Waals surface area contributed by atoms with Crippen molar-refractivity contribution in [3.8, 4) is 0 Å². The first-order valence-corrected chi connectivity index (χ1v) is 8.97. The number of hydrogen-bond donors (Lipinski definition) is 0. The molecule has 0 aromatic carbocycles. The van der Waals surface area contributed by atoms with Crippen molar-refractivity contribution in [3.05, 3.63) is 24.2 Å². The molecule has 0 bridgehead atoms. The quantitative estimate of drug-likeness (QED) is 0.853. The van der Waals surface area contributed by atoms with Crippen molar-refractivity contribution in [2.45, 2.75) is 31.7 Å². The summed E-state index contributed by atoms with van der Waals surface area (Å²) >= 11 is 0. The van der Waals surface area contributed by atoms with Gasteiger partial charge >= 0.3 is 0 Å². The monoisotopic (exact) mass is 314 g/mol. The molecule has 0 spiro atoms. The van der Waals surface area contributed by atoms with E-state index in [-0.39, 0.29) is 6.04 Å². The summed E-state index contributed by atoms with van der Waals surface area (Å²) in [5.74, 6) is 0.744. The van der Waals surface area contributed by atoms with Crippen LogP contribution in [0.5, 0.6) is 0 Å². The first-order chi connectivity index (χ1) is 10.2. The van der Waals surface area contributed by atoms with Crippen molar-refractivity contribution in [1.29, 1.82) is 0 Å². The largest absolute Gasteiger partial charge is 0.468 e. The summed E-state index contributed by atoms with van der Waals surface area (Å²) in [5, 5.41) is 0. The van der Waals surface area contributed by atoms with Gasteiger partial charge < -0.3 is 9.15 Å². The third kappa shape index (κ3) is 3.15. The van der Waals surface area contributed by atoms with Gasteiger partial charge in [-0.2, -0.15) is 17.0 Å². The van der Waals surface area contributed by atoms with Crippen LogP contribution in [0.25, 0.3) is 0 Å². The standard InChI is InChI=1S/C14H22N2O4S/c17-21(18,15-8-11-19-12-9-15)16-7-3-1-2-5-13(16)14-6-4-10-20-14/h4,6,10,13H,1-3,5,7-9,11-12H2/t13-/m0/s1. The maximum absolute atomic E-state index is 13.0. The molecule has 0 aliphatic carbocycles. The first kappa shape index (κ1) is 15.0. The SMILES string of the molecule is O=S(=O)(N1CCOCC1)N1CCCCC[C@H]1c1ccco1. The fourth-order valence-electron chi connectivity index (χ4n) is 3.05. The normalized spacial score (nSPS) is 26.6. The molecule has 2 saturated heterocycles. The molecule has 1 aromatic heterocycles. The molecule has 2 aliphatic rings. The van der Waals surface area contributed by atoms with Crippen molar-refractivity contribution in [1.82, 2.24) is 8.61 Å². The van der Waals surface area contributed by atoms with Crippen LogP contribution in [-0.2, 0) is 14.9 Å². The van der Waals surface area contributed by atoms with Gasteiger partial charge in [-0.15, -0.1) is 0 Å². The van der Waals surface area contributed by atoms with Crippen molar-refractivity contribution in [2.75, 3.05) is 32.8 Å². The summed E-state index contributed by atoms with van der Waals surface area (Å²) in [5.41, 5.74) is 0. The van der Waals surface area contributed by atoms with E-state index in [0.29, 0.717) is 32.8 Å². The molecule has 0 unspecified atom stereocenters. The van der Waals surface area contributed by atoms with Gasteiger partial charge in [-0.1, -0.05) is 12.8 Å². The van der Waals surface area contributed by atoms with Gasteiger partial charge in [0.1, 0.15) is 5.76 Å². The van der Waals surface area contributed by atoms with E-state index < -0.39 is 10.2 Å². The Bertz CT molecular complexity index is 537. The Balaban J connectivity index is 1.88. The average molecular weight is 314 g/mol. The average Bonchev–Trinajstić information content (AvgIpc) is 2.92. The smallest absolute Gasteiger partial charge is 0.282 e. The zero-order valence-corrected chi connectivity index (χ0v) is 12.9. The zero-order valence-electron chi connectivity index (χ0n) is 12.1. The van der Waals surface area contributed by atoms with Crippen LogP contribution in [0.2, 0.25) is 0 Å². The van der Waals surface area contributed by atoms with Crippen LogP contribution < -0.4 is 0 Å². The lowest BCUT2D eigenvalue weighted by Crippen LogP contribution is -2.49. The molecular weight excluding hydrogens is 292 g/mol. The molecule has 2 fully saturated rings. The number of hydrogen-bond acceptors (Lipinski definition) is 4. The third-order valence-electron chi connectivity index (χ3n) is 4.17. The van der Waals surface area contributed by atoms with E-state index in [9.17, 15) is 8.42 Å². The van der Waals surface area contributed by atoms with Crippen LogP contribution in [-0.4, -0.2) is 49.9 Å². The number of ether oxygens (including phenoxy) is 1. The predicted molar refractivity (Wildman–Crippen MR) is 77.9 cm³/mol. The Kier molecular flexibility index (Phi) is 4.63. The summed E-state index contributed by atoms with van der Waals surface area (Å²) in [7, 11) is -3.46. The third-order valence-corrected chi connectivity index (χ3v) is 6.22.